The van der Waals surface area contributed by atoms with Crippen LogP contribution in [0.15, 0.2) is 12.5 Å². The van der Waals surface area contributed by atoms with Gasteiger partial charge in [-0.05, 0) is 6.92 Å². The molecular weight excluding hydrogens is 242 g/mol. The highest BCUT2D eigenvalue weighted by Gasteiger charge is 2.06. The van der Waals surface area contributed by atoms with Crippen LogP contribution in [0.2, 0.25) is 0 Å². The van der Waals surface area contributed by atoms with Crippen LogP contribution in [-0.2, 0) is 13.5 Å². The second-order valence-electron chi connectivity index (χ2n) is 4.57. The third-order valence-electron chi connectivity index (χ3n) is 2.81. The molecule has 0 aliphatic heterocycles. The Morgan fingerprint density at radius 2 is 2.11 bits per heavy atom. The normalized spacial score (nSPS) is 10.5. The summed E-state index contributed by atoms with van der Waals surface area (Å²) >= 11 is 0. The zero-order chi connectivity index (χ0) is 13.8. The lowest BCUT2D eigenvalue weighted by molar-refractivity contribution is 0.700. The molecule has 7 heteroatoms. The average molecular weight is 261 g/mol. The van der Waals surface area contributed by atoms with Gasteiger partial charge in [0.25, 0.3) is 0 Å². The number of nitrogens with zero attached hydrogens (tertiary/aromatic N) is 6. The van der Waals surface area contributed by atoms with E-state index in [0.29, 0.717) is 5.95 Å². The van der Waals surface area contributed by atoms with Gasteiger partial charge in [0.05, 0.1) is 0 Å². The molecule has 0 saturated heterocycles. The fourth-order valence-corrected chi connectivity index (χ4v) is 1.80. The van der Waals surface area contributed by atoms with Crippen molar-refractivity contribution in [2.45, 2.75) is 13.3 Å². The minimum atomic E-state index is 0.636. The molecule has 0 unspecified atom stereocenters. The summed E-state index contributed by atoms with van der Waals surface area (Å²) < 4.78 is 1.77. The van der Waals surface area contributed by atoms with E-state index in [1.807, 2.05) is 39.2 Å². The molecule has 0 saturated carbocycles. The number of hydrogen-bond donors (Lipinski definition) is 1. The summed E-state index contributed by atoms with van der Waals surface area (Å²) in [5.41, 5.74) is 1.06. The highest BCUT2D eigenvalue weighted by Crippen LogP contribution is 2.14. The largest absolute Gasteiger partial charge is 0.362 e. The first-order valence-corrected chi connectivity index (χ1v) is 6.15. The maximum absolute atomic E-state index is 4.47. The van der Waals surface area contributed by atoms with Gasteiger partial charge < -0.3 is 10.2 Å². The fraction of sp³-hybridized carbons (Fsp3) is 0.500. The first-order valence-electron chi connectivity index (χ1n) is 6.15. The number of nitrogens with one attached hydrogen (secondary N) is 1. The van der Waals surface area contributed by atoms with E-state index >= 15 is 0 Å². The molecule has 0 bridgehead atoms. The molecule has 19 heavy (non-hydrogen) atoms. The van der Waals surface area contributed by atoms with Gasteiger partial charge in [-0.25, -0.2) is 9.97 Å². The third kappa shape index (κ3) is 3.18. The molecule has 0 radical (unpaired) electrons. The zero-order valence-corrected chi connectivity index (χ0v) is 11.8. The van der Waals surface area contributed by atoms with E-state index in [0.717, 1.165) is 30.2 Å². The number of anilines is 2. The summed E-state index contributed by atoms with van der Waals surface area (Å²) in [5, 5.41) is 7.23. The Balaban J connectivity index is 1.96. The molecule has 0 aromatic carbocycles. The molecule has 102 valence electrons. The number of aromatic nitrogens is 5. The van der Waals surface area contributed by atoms with E-state index in [1.54, 1.807) is 11.0 Å². The molecule has 0 amide bonds. The molecule has 0 fully saturated rings. The Morgan fingerprint density at radius 3 is 2.74 bits per heavy atom. The van der Waals surface area contributed by atoms with Gasteiger partial charge in [0.15, 0.2) is 0 Å². The third-order valence-corrected chi connectivity index (χ3v) is 2.81. The second kappa shape index (κ2) is 5.64. The lowest BCUT2D eigenvalue weighted by atomic mass is 10.3. The highest BCUT2D eigenvalue weighted by molar-refractivity contribution is 5.47. The van der Waals surface area contributed by atoms with Gasteiger partial charge >= 0.3 is 0 Å². The first kappa shape index (κ1) is 13.3. The van der Waals surface area contributed by atoms with E-state index in [2.05, 4.69) is 25.4 Å². The van der Waals surface area contributed by atoms with E-state index < -0.39 is 0 Å². The summed E-state index contributed by atoms with van der Waals surface area (Å²) in [6, 6.07) is 0. The van der Waals surface area contributed by atoms with E-state index in [9.17, 15) is 0 Å². The van der Waals surface area contributed by atoms with Crippen molar-refractivity contribution in [1.29, 1.82) is 0 Å². The predicted molar refractivity (Wildman–Crippen MR) is 74.3 cm³/mol. The molecular formula is C12H19N7. The van der Waals surface area contributed by atoms with Gasteiger partial charge in [-0.3, -0.25) is 4.68 Å². The first-order chi connectivity index (χ1) is 9.08. The van der Waals surface area contributed by atoms with Crippen molar-refractivity contribution in [3.8, 4) is 0 Å². The summed E-state index contributed by atoms with van der Waals surface area (Å²) in [7, 11) is 5.83. The van der Waals surface area contributed by atoms with E-state index in [-0.39, 0.29) is 0 Å². The molecule has 0 atom stereocenters. The molecule has 2 heterocycles. The SMILES string of the molecule is Cc1cnc(NCCc2ncnn2C)nc1N(C)C. The van der Waals surface area contributed by atoms with Crippen LogP contribution >= 0.6 is 0 Å². The van der Waals surface area contributed by atoms with E-state index in [4.69, 9.17) is 0 Å². The van der Waals surface area contributed by atoms with Crippen LogP contribution in [0.3, 0.4) is 0 Å². The van der Waals surface area contributed by atoms with Crippen LogP contribution in [0.5, 0.6) is 0 Å². The Morgan fingerprint density at radius 1 is 1.32 bits per heavy atom. The van der Waals surface area contributed by atoms with Crippen molar-refractivity contribution < 1.29 is 0 Å². The monoisotopic (exact) mass is 261 g/mol. The van der Waals surface area contributed by atoms with Crippen LogP contribution in [0.4, 0.5) is 11.8 Å². The quantitative estimate of drug-likeness (QED) is 0.851. The zero-order valence-electron chi connectivity index (χ0n) is 11.8. The molecule has 2 rings (SSSR count). The fourth-order valence-electron chi connectivity index (χ4n) is 1.80. The summed E-state index contributed by atoms with van der Waals surface area (Å²) in [5.74, 6) is 2.50. The van der Waals surface area contributed by atoms with E-state index in [1.165, 1.54) is 0 Å². The Labute approximate surface area is 112 Å². The molecule has 1 N–H and O–H groups in total. The lowest BCUT2D eigenvalue weighted by Crippen LogP contribution is -2.16. The molecule has 0 spiro atoms. The minimum absolute atomic E-state index is 0.636. The molecule has 2 aromatic rings. The van der Waals surface area contributed by atoms with Crippen molar-refractivity contribution in [1.82, 2.24) is 24.7 Å². The Bertz CT molecular complexity index is 547. The highest BCUT2D eigenvalue weighted by atomic mass is 15.3. The van der Waals surface area contributed by atoms with Crippen LogP contribution in [-0.4, -0.2) is 45.4 Å². The van der Waals surface area contributed by atoms with Crippen molar-refractivity contribution in [2.24, 2.45) is 7.05 Å². The van der Waals surface area contributed by atoms with Gasteiger partial charge in [-0.15, -0.1) is 0 Å². The lowest BCUT2D eigenvalue weighted by Gasteiger charge is -2.15. The maximum Gasteiger partial charge on any atom is 0.224 e. The Kier molecular flexibility index (Phi) is 3.94. The van der Waals surface area contributed by atoms with Gasteiger partial charge in [-0.1, -0.05) is 0 Å². The number of hydrogen-bond acceptors (Lipinski definition) is 6. The van der Waals surface area contributed by atoms with Crippen LogP contribution < -0.4 is 10.2 Å². The second-order valence-corrected chi connectivity index (χ2v) is 4.57. The van der Waals surface area contributed by atoms with Crippen LogP contribution in [0.25, 0.3) is 0 Å². The number of rotatable bonds is 5. The van der Waals surface area contributed by atoms with Crippen molar-refractivity contribution in [3.05, 3.63) is 23.9 Å². The standard InChI is InChI=1S/C12H19N7/c1-9-7-14-12(17-11(9)18(2)3)13-6-5-10-15-8-16-19(10)4/h7-8H,5-6H2,1-4H3,(H,13,14,17). The maximum atomic E-state index is 4.47. The average Bonchev–Trinajstić information content (AvgIpc) is 2.77. The predicted octanol–water partition coefficient (Wildman–Crippen LogP) is 0.634. The molecule has 2 aromatic heterocycles. The van der Waals surface area contributed by atoms with Crippen LogP contribution in [0, 0.1) is 6.92 Å². The number of aryl methyl sites for hydroxylation is 2. The summed E-state index contributed by atoms with van der Waals surface area (Å²) in [6.07, 6.45) is 4.17. The van der Waals surface area contributed by atoms with Gasteiger partial charge in [-0.2, -0.15) is 10.1 Å². The molecule has 7 nitrogen and oxygen atoms in total. The minimum Gasteiger partial charge on any atom is -0.362 e. The van der Waals surface area contributed by atoms with Crippen molar-refractivity contribution >= 4 is 11.8 Å². The van der Waals surface area contributed by atoms with Crippen molar-refractivity contribution in [3.63, 3.8) is 0 Å². The molecule has 0 aliphatic rings. The van der Waals surface area contributed by atoms with Gasteiger partial charge in [0, 0.05) is 45.9 Å². The van der Waals surface area contributed by atoms with Gasteiger partial charge in [0.1, 0.15) is 18.0 Å². The van der Waals surface area contributed by atoms with Gasteiger partial charge in [0.2, 0.25) is 5.95 Å². The Hall–Kier alpha value is -2.18. The summed E-state index contributed by atoms with van der Waals surface area (Å²) in [6.45, 7) is 2.72. The van der Waals surface area contributed by atoms with Crippen molar-refractivity contribution in [2.75, 3.05) is 30.9 Å². The molecule has 0 aliphatic carbocycles. The topological polar surface area (TPSA) is 71.8 Å². The smallest absolute Gasteiger partial charge is 0.224 e. The van der Waals surface area contributed by atoms with Crippen LogP contribution in [0.1, 0.15) is 11.4 Å². The summed E-state index contributed by atoms with van der Waals surface area (Å²) in [4.78, 5) is 14.9.